The average molecular weight is 447 g/mol. The number of thioether (sulfide) groups is 1. The van der Waals surface area contributed by atoms with E-state index in [9.17, 15) is 4.79 Å². The van der Waals surface area contributed by atoms with Crippen LogP contribution in [-0.2, 0) is 10.5 Å². The number of nitrogens with one attached hydrogen (secondary N) is 1. The minimum atomic E-state index is -0.304. The van der Waals surface area contributed by atoms with Gasteiger partial charge in [-0.3, -0.25) is 9.78 Å². The Bertz CT molecular complexity index is 996. The van der Waals surface area contributed by atoms with Gasteiger partial charge in [-0.15, -0.1) is 10.2 Å². The highest BCUT2D eigenvalue weighted by Crippen LogP contribution is 2.30. The predicted molar refractivity (Wildman–Crippen MR) is 117 cm³/mol. The average Bonchev–Trinajstić information content (AvgIpc) is 3.17. The highest BCUT2D eigenvalue weighted by atomic mass is 32.2. The van der Waals surface area contributed by atoms with Crippen molar-refractivity contribution in [2.75, 3.05) is 25.6 Å². The van der Waals surface area contributed by atoms with Crippen molar-refractivity contribution >= 4 is 34.7 Å². The van der Waals surface area contributed by atoms with Crippen LogP contribution in [0.25, 0.3) is 0 Å². The molecule has 0 spiro atoms. The molecule has 8 nitrogen and oxygen atoms in total. The van der Waals surface area contributed by atoms with Gasteiger partial charge in [0.15, 0.2) is 22.4 Å². The van der Waals surface area contributed by atoms with Crippen LogP contribution in [0.4, 0.5) is 5.69 Å². The molecule has 3 aromatic rings. The van der Waals surface area contributed by atoms with Crippen LogP contribution in [0.5, 0.6) is 17.2 Å². The number of rotatable bonds is 10. The molecule has 0 saturated heterocycles. The summed E-state index contributed by atoms with van der Waals surface area (Å²) in [4.78, 5) is 16.7. The molecule has 1 aromatic carbocycles. The van der Waals surface area contributed by atoms with Gasteiger partial charge in [0.2, 0.25) is 0 Å². The lowest BCUT2D eigenvalue weighted by molar-refractivity contribution is -0.118. The van der Waals surface area contributed by atoms with E-state index in [1.807, 2.05) is 26.0 Å². The van der Waals surface area contributed by atoms with E-state index in [4.69, 9.17) is 14.2 Å². The number of pyridine rings is 1. The first kappa shape index (κ1) is 21.8. The fraction of sp³-hybridized carbons (Fsp3) is 0.300. The molecule has 0 aliphatic carbocycles. The normalized spacial score (nSPS) is 10.5. The quantitative estimate of drug-likeness (QED) is 0.468. The molecule has 1 N–H and O–H groups in total. The smallest absolute Gasteiger partial charge is 0.262 e. The molecule has 0 radical (unpaired) electrons. The molecule has 158 valence electrons. The molecule has 0 atom stereocenters. The molecule has 30 heavy (non-hydrogen) atoms. The van der Waals surface area contributed by atoms with Gasteiger partial charge in [-0.05, 0) is 26.0 Å². The minimum absolute atomic E-state index is 0.178. The van der Waals surface area contributed by atoms with Crippen LogP contribution in [0.2, 0.25) is 0 Å². The lowest BCUT2D eigenvalue weighted by Gasteiger charge is -2.13. The van der Waals surface area contributed by atoms with Crippen molar-refractivity contribution in [1.82, 2.24) is 15.2 Å². The second kappa shape index (κ2) is 10.8. The fourth-order valence-corrected chi connectivity index (χ4v) is 4.18. The van der Waals surface area contributed by atoms with Crippen molar-refractivity contribution in [3.63, 3.8) is 0 Å². The number of aryl methyl sites for hydroxylation is 1. The Morgan fingerprint density at radius 1 is 1.17 bits per heavy atom. The van der Waals surface area contributed by atoms with Crippen molar-refractivity contribution < 1.29 is 19.0 Å². The Kier molecular flexibility index (Phi) is 7.86. The standard InChI is InChI=1S/C20H22N4O4S2/c1-4-27-16-8-6-5-7-15(16)22-19(25)11-28-17-9-14(21-10-18(17)26-3)12-29-20-24-23-13(2)30-20/h5-10H,4,11-12H2,1-3H3,(H,22,25). The van der Waals surface area contributed by atoms with Crippen LogP contribution in [0.3, 0.4) is 0 Å². The Hall–Kier alpha value is -2.85. The van der Waals surface area contributed by atoms with Crippen LogP contribution in [-0.4, -0.2) is 41.4 Å². The number of nitrogens with zero attached hydrogens (tertiary/aromatic N) is 3. The van der Waals surface area contributed by atoms with Crippen molar-refractivity contribution in [3.05, 3.63) is 47.2 Å². The molecule has 0 saturated carbocycles. The second-order valence-electron chi connectivity index (χ2n) is 5.97. The van der Waals surface area contributed by atoms with Crippen LogP contribution >= 0.6 is 23.1 Å². The number of aromatic nitrogens is 3. The third-order valence-corrected chi connectivity index (χ3v) is 5.78. The molecule has 0 bridgehead atoms. The zero-order valence-corrected chi connectivity index (χ0v) is 18.5. The van der Waals surface area contributed by atoms with E-state index in [1.165, 1.54) is 18.4 Å². The molecule has 0 fully saturated rings. The van der Waals surface area contributed by atoms with E-state index in [1.54, 1.807) is 36.2 Å². The maximum Gasteiger partial charge on any atom is 0.262 e. The predicted octanol–water partition coefficient (Wildman–Crippen LogP) is 3.96. The van der Waals surface area contributed by atoms with Crippen LogP contribution in [0, 0.1) is 6.92 Å². The number of amides is 1. The van der Waals surface area contributed by atoms with Crippen LogP contribution in [0.1, 0.15) is 17.6 Å². The Balaban J connectivity index is 1.61. The summed E-state index contributed by atoms with van der Waals surface area (Å²) < 4.78 is 17.4. The third kappa shape index (κ3) is 6.07. The van der Waals surface area contributed by atoms with Gasteiger partial charge in [-0.1, -0.05) is 35.2 Å². The van der Waals surface area contributed by atoms with Gasteiger partial charge in [-0.25, -0.2) is 0 Å². The topological polar surface area (TPSA) is 95.5 Å². The Labute approximate surface area is 183 Å². The van der Waals surface area contributed by atoms with E-state index in [2.05, 4.69) is 20.5 Å². The number of carbonyl (C=O) groups excluding carboxylic acids is 1. The van der Waals surface area contributed by atoms with E-state index in [0.717, 1.165) is 15.0 Å². The van der Waals surface area contributed by atoms with E-state index < -0.39 is 0 Å². The summed E-state index contributed by atoms with van der Waals surface area (Å²) in [6.45, 7) is 4.13. The van der Waals surface area contributed by atoms with E-state index in [-0.39, 0.29) is 12.5 Å². The van der Waals surface area contributed by atoms with Crippen molar-refractivity contribution in [1.29, 1.82) is 0 Å². The molecule has 0 aliphatic heterocycles. The molecule has 0 unspecified atom stereocenters. The lowest BCUT2D eigenvalue weighted by atomic mass is 10.3. The molecule has 3 rings (SSSR count). The summed E-state index contributed by atoms with van der Waals surface area (Å²) in [6, 6.07) is 9.02. The zero-order chi connectivity index (χ0) is 21.3. The van der Waals surface area contributed by atoms with Gasteiger partial charge in [0.1, 0.15) is 10.8 Å². The summed E-state index contributed by atoms with van der Waals surface area (Å²) in [7, 11) is 1.53. The first-order valence-electron chi connectivity index (χ1n) is 9.19. The molecule has 1 amide bonds. The van der Waals surface area contributed by atoms with E-state index >= 15 is 0 Å². The van der Waals surface area contributed by atoms with Crippen LogP contribution in [0.15, 0.2) is 40.9 Å². The Morgan fingerprint density at radius 3 is 2.73 bits per heavy atom. The van der Waals surface area contributed by atoms with Crippen molar-refractivity contribution in [2.45, 2.75) is 23.9 Å². The SMILES string of the molecule is CCOc1ccccc1NC(=O)COc1cc(CSc2nnc(C)s2)ncc1OC. The van der Waals surface area contributed by atoms with Crippen molar-refractivity contribution in [2.24, 2.45) is 0 Å². The molecular weight excluding hydrogens is 424 g/mol. The van der Waals surface area contributed by atoms with E-state index in [0.29, 0.717) is 35.3 Å². The number of benzene rings is 1. The number of anilines is 1. The first-order chi connectivity index (χ1) is 14.6. The zero-order valence-electron chi connectivity index (χ0n) is 16.9. The number of methoxy groups -OCH3 is 1. The van der Waals surface area contributed by atoms with Crippen molar-refractivity contribution in [3.8, 4) is 17.2 Å². The largest absolute Gasteiger partial charge is 0.492 e. The minimum Gasteiger partial charge on any atom is -0.492 e. The Morgan fingerprint density at radius 2 is 2.00 bits per heavy atom. The number of ether oxygens (including phenoxy) is 3. The van der Waals surface area contributed by atoms with Gasteiger partial charge in [0.25, 0.3) is 5.91 Å². The van der Waals surface area contributed by atoms with Gasteiger partial charge >= 0.3 is 0 Å². The highest BCUT2D eigenvalue weighted by molar-refractivity contribution is 8.00. The van der Waals surface area contributed by atoms with Gasteiger partial charge in [-0.2, -0.15) is 0 Å². The first-order valence-corrected chi connectivity index (χ1v) is 11.0. The summed E-state index contributed by atoms with van der Waals surface area (Å²) in [5.74, 6) is 1.81. The summed E-state index contributed by atoms with van der Waals surface area (Å²) >= 11 is 3.07. The van der Waals surface area contributed by atoms with Crippen LogP contribution < -0.4 is 19.5 Å². The van der Waals surface area contributed by atoms with Gasteiger partial charge in [0, 0.05) is 11.8 Å². The molecular formula is C20H22N4O4S2. The summed E-state index contributed by atoms with van der Waals surface area (Å²) in [5, 5.41) is 11.8. The number of hydrogen-bond acceptors (Lipinski definition) is 9. The number of hydrogen-bond donors (Lipinski definition) is 1. The highest BCUT2D eigenvalue weighted by Gasteiger charge is 2.12. The summed E-state index contributed by atoms with van der Waals surface area (Å²) in [5.41, 5.74) is 1.38. The van der Waals surface area contributed by atoms with Gasteiger partial charge < -0.3 is 19.5 Å². The fourth-order valence-electron chi connectivity index (χ4n) is 2.46. The number of carbonyl (C=O) groups is 1. The maximum atomic E-state index is 12.4. The van der Waals surface area contributed by atoms with Gasteiger partial charge in [0.05, 0.1) is 31.3 Å². The molecule has 2 heterocycles. The maximum absolute atomic E-state index is 12.4. The second-order valence-corrected chi connectivity index (χ2v) is 8.37. The lowest BCUT2D eigenvalue weighted by Crippen LogP contribution is -2.21. The summed E-state index contributed by atoms with van der Waals surface area (Å²) in [6.07, 6.45) is 1.58. The number of para-hydroxylation sites is 2. The monoisotopic (exact) mass is 446 g/mol. The molecule has 0 aliphatic rings. The molecule has 10 heteroatoms. The molecule has 2 aromatic heterocycles. The third-order valence-electron chi connectivity index (χ3n) is 3.78.